The highest BCUT2D eigenvalue weighted by Crippen LogP contribution is 2.35. The fourth-order valence-corrected chi connectivity index (χ4v) is 4.12. The van der Waals surface area contributed by atoms with Gasteiger partial charge in [0.2, 0.25) is 5.91 Å². The Morgan fingerprint density at radius 3 is 3.00 bits per heavy atom. The number of rotatable bonds is 4. The van der Waals surface area contributed by atoms with Crippen LogP contribution in [0.3, 0.4) is 0 Å². The third-order valence-electron chi connectivity index (χ3n) is 5.29. The number of carbonyl (C=O) groups excluding carboxylic acids is 1. The standard InChI is InChI=1S/C18H25N3O5/c1-13(22)19-17-4-2-3-7-18(17)12-20(8-9-26-18)11-14-5-6-15(21(24)25)16(23)10-14/h5-6,10,17,23H,2-4,7-9,11-12H2,1H3,(H,19,22)/t17-,18+/m0/s1. The number of nitrogens with zero attached hydrogens (tertiary/aromatic N) is 2. The first-order valence-corrected chi connectivity index (χ1v) is 8.99. The maximum absolute atomic E-state index is 11.6. The van der Waals surface area contributed by atoms with Crippen LogP contribution >= 0.6 is 0 Å². The molecule has 2 atom stereocenters. The number of amides is 1. The lowest BCUT2D eigenvalue weighted by Gasteiger charge is -2.49. The number of nitro groups is 1. The summed E-state index contributed by atoms with van der Waals surface area (Å²) in [4.78, 5) is 24.0. The molecule has 142 valence electrons. The van der Waals surface area contributed by atoms with Gasteiger partial charge in [0.15, 0.2) is 5.75 Å². The summed E-state index contributed by atoms with van der Waals surface area (Å²) >= 11 is 0. The first-order valence-electron chi connectivity index (χ1n) is 8.99. The number of nitro benzene ring substituents is 1. The average Bonchev–Trinajstić information content (AvgIpc) is 2.57. The zero-order chi connectivity index (χ0) is 18.7. The van der Waals surface area contributed by atoms with Crippen LogP contribution in [0.2, 0.25) is 0 Å². The number of carbonyl (C=O) groups is 1. The van der Waals surface area contributed by atoms with E-state index in [1.54, 1.807) is 6.07 Å². The van der Waals surface area contributed by atoms with Crippen molar-refractivity contribution >= 4 is 11.6 Å². The van der Waals surface area contributed by atoms with Crippen LogP contribution in [0.25, 0.3) is 0 Å². The first kappa shape index (κ1) is 18.6. The molecule has 1 amide bonds. The lowest BCUT2D eigenvalue weighted by molar-refractivity contribution is -0.385. The van der Waals surface area contributed by atoms with E-state index in [0.717, 1.165) is 37.8 Å². The Morgan fingerprint density at radius 1 is 1.50 bits per heavy atom. The first-order chi connectivity index (χ1) is 12.4. The summed E-state index contributed by atoms with van der Waals surface area (Å²) in [6.07, 6.45) is 3.96. The molecule has 26 heavy (non-hydrogen) atoms. The van der Waals surface area contributed by atoms with E-state index in [9.17, 15) is 20.0 Å². The van der Waals surface area contributed by atoms with E-state index in [1.165, 1.54) is 19.1 Å². The van der Waals surface area contributed by atoms with Gasteiger partial charge in [0.1, 0.15) is 5.60 Å². The van der Waals surface area contributed by atoms with Crippen LogP contribution in [0.1, 0.15) is 38.2 Å². The monoisotopic (exact) mass is 363 g/mol. The van der Waals surface area contributed by atoms with Gasteiger partial charge in [-0.25, -0.2) is 0 Å². The van der Waals surface area contributed by atoms with Crippen molar-refractivity contribution in [3.05, 3.63) is 33.9 Å². The van der Waals surface area contributed by atoms with Crippen LogP contribution in [0.15, 0.2) is 18.2 Å². The number of ether oxygens (including phenoxy) is 1. The van der Waals surface area contributed by atoms with E-state index in [1.807, 2.05) is 0 Å². The second-order valence-electron chi connectivity index (χ2n) is 7.20. The summed E-state index contributed by atoms with van der Waals surface area (Å²) in [6.45, 7) is 4.11. The van der Waals surface area contributed by atoms with E-state index in [-0.39, 0.29) is 29.0 Å². The minimum Gasteiger partial charge on any atom is -0.502 e. The zero-order valence-corrected chi connectivity index (χ0v) is 14.9. The zero-order valence-electron chi connectivity index (χ0n) is 14.9. The lowest BCUT2D eigenvalue weighted by Crippen LogP contribution is -2.63. The van der Waals surface area contributed by atoms with Gasteiger partial charge in [-0.15, -0.1) is 0 Å². The second kappa shape index (κ2) is 7.59. The van der Waals surface area contributed by atoms with Crippen molar-refractivity contribution in [2.75, 3.05) is 19.7 Å². The third kappa shape index (κ3) is 3.96. The molecular formula is C18H25N3O5. The average molecular weight is 363 g/mol. The number of hydrogen-bond donors (Lipinski definition) is 2. The van der Waals surface area contributed by atoms with Crippen molar-refractivity contribution in [2.45, 2.75) is 50.8 Å². The number of phenolic OH excluding ortho intramolecular Hbond substituents is 1. The van der Waals surface area contributed by atoms with Crippen LogP contribution in [-0.2, 0) is 16.1 Å². The molecule has 1 saturated heterocycles. The second-order valence-corrected chi connectivity index (χ2v) is 7.20. The maximum Gasteiger partial charge on any atom is 0.310 e. The normalized spacial score (nSPS) is 26.6. The molecule has 0 aromatic heterocycles. The minimum absolute atomic E-state index is 0.00168. The fraction of sp³-hybridized carbons (Fsp3) is 0.611. The summed E-state index contributed by atoms with van der Waals surface area (Å²) in [7, 11) is 0. The van der Waals surface area contributed by atoms with Gasteiger partial charge in [0.25, 0.3) is 0 Å². The van der Waals surface area contributed by atoms with E-state index < -0.39 is 4.92 Å². The Hall–Kier alpha value is -2.19. The highest BCUT2D eigenvalue weighted by molar-refractivity contribution is 5.73. The van der Waals surface area contributed by atoms with Crippen molar-refractivity contribution in [3.63, 3.8) is 0 Å². The summed E-state index contributed by atoms with van der Waals surface area (Å²) in [6, 6.07) is 4.46. The number of aromatic hydroxyl groups is 1. The highest BCUT2D eigenvalue weighted by atomic mass is 16.6. The molecule has 0 bridgehead atoms. The smallest absolute Gasteiger partial charge is 0.310 e. The largest absolute Gasteiger partial charge is 0.502 e. The van der Waals surface area contributed by atoms with Crippen LogP contribution in [0.5, 0.6) is 5.75 Å². The van der Waals surface area contributed by atoms with Crippen LogP contribution in [0, 0.1) is 10.1 Å². The van der Waals surface area contributed by atoms with Crippen molar-refractivity contribution in [3.8, 4) is 5.75 Å². The molecule has 1 spiro atoms. The topological polar surface area (TPSA) is 105 Å². The molecule has 8 heteroatoms. The predicted molar refractivity (Wildman–Crippen MR) is 94.8 cm³/mol. The summed E-state index contributed by atoms with van der Waals surface area (Å²) < 4.78 is 6.17. The van der Waals surface area contributed by atoms with E-state index in [2.05, 4.69) is 10.2 Å². The van der Waals surface area contributed by atoms with Gasteiger partial charge in [-0.1, -0.05) is 18.9 Å². The Labute approximate surface area is 152 Å². The molecule has 1 aromatic carbocycles. The number of phenols is 1. The number of nitrogens with one attached hydrogen (secondary N) is 1. The molecule has 0 radical (unpaired) electrons. The Bertz CT molecular complexity index is 691. The molecule has 3 rings (SSSR count). The maximum atomic E-state index is 11.6. The van der Waals surface area contributed by atoms with Crippen molar-refractivity contribution in [1.29, 1.82) is 0 Å². The molecule has 1 aromatic rings. The quantitative estimate of drug-likeness (QED) is 0.626. The van der Waals surface area contributed by atoms with Gasteiger partial charge < -0.3 is 15.2 Å². The Kier molecular flexibility index (Phi) is 5.43. The number of morpholine rings is 1. The van der Waals surface area contributed by atoms with Gasteiger partial charge in [0, 0.05) is 32.6 Å². The van der Waals surface area contributed by atoms with Crippen LogP contribution in [0.4, 0.5) is 5.69 Å². The SMILES string of the molecule is CC(=O)N[C@H]1CCCC[C@@]12CN(Cc1ccc([N+](=O)[O-])c(O)c1)CCO2. The molecule has 2 aliphatic rings. The summed E-state index contributed by atoms with van der Waals surface area (Å²) in [5.74, 6) is -0.360. The molecular weight excluding hydrogens is 338 g/mol. The Balaban J connectivity index is 1.72. The molecule has 1 aliphatic carbocycles. The third-order valence-corrected chi connectivity index (χ3v) is 5.29. The van der Waals surface area contributed by atoms with E-state index >= 15 is 0 Å². The summed E-state index contributed by atoms with van der Waals surface area (Å²) in [5.41, 5.74) is 0.146. The van der Waals surface area contributed by atoms with Crippen molar-refractivity contribution in [1.82, 2.24) is 10.2 Å². The fourth-order valence-electron chi connectivity index (χ4n) is 4.12. The number of benzene rings is 1. The van der Waals surface area contributed by atoms with Gasteiger partial charge in [0.05, 0.1) is 17.6 Å². The molecule has 8 nitrogen and oxygen atoms in total. The summed E-state index contributed by atoms with van der Waals surface area (Å²) in [5, 5.41) is 23.7. The highest BCUT2D eigenvalue weighted by Gasteiger charge is 2.45. The Morgan fingerprint density at radius 2 is 2.31 bits per heavy atom. The molecule has 1 saturated carbocycles. The lowest BCUT2D eigenvalue weighted by atomic mass is 9.78. The van der Waals surface area contributed by atoms with Crippen molar-refractivity contribution < 1.29 is 19.6 Å². The van der Waals surface area contributed by atoms with Gasteiger partial charge >= 0.3 is 5.69 Å². The molecule has 2 N–H and O–H groups in total. The minimum atomic E-state index is -0.594. The van der Waals surface area contributed by atoms with E-state index in [4.69, 9.17) is 4.74 Å². The molecule has 0 unspecified atom stereocenters. The van der Waals surface area contributed by atoms with Crippen LogP contribution < -0.4 is 5.32 Å². The molecule has 2 fully saturated rings. The van der Waals surface area contributed by atoms with Gasteiger partial charge in [-0.2, -0.15) is 0 Å². The molecule has 1 aliphatic heterocycles. The van der Waals surface area contributed by atoms with E-state index in [0.29, 0.717) is 19.7 Å². The van der Waals surface area contributed by atoms with Crippen LogP contribution in [-0.4, -0.2) is 52.2 Å². The number of hydrogen-bond acceptors (Lipinski definition) is 6. The predicted octanol–water partition coefficient (Wildman–Crippen LogP) is 1.95. The van der Waals surface area contributed by atoms with Gasteiger partial charge in [-0.05, 0) is 24.5 Å². The van der Waals surface area contributed by atoms with Gasteiger partial charge in [-0.3, -0.25) is 19.8 Å². The van der Waals surface area contributed by atoms with Crippen molar-refractivity contribution in [2.24, 2.45) is 0 Å². The molecule has 1 heterocycles.